The van der Waals surface area contributed by atoms with Crippen LogP contribution in [-0.2, 0) is 25.8 Å². The summed E-state index contributed by atoms with van der Waals surface area (Å²) in [6.45, 7) is 5.41. The zero-order valence-electron chi connectivity index (χ0n) is 13.0. The first-order valence-electron chi connectivity index (χ1n) is 7.07. The average Bonchev–Trinajstić information content (AvgIpc) is 2.44. The van der Waals surface area contributed by atoms with E-state index in [-0.39, 0.29) is 23.1 Å². The molecule has 0 spiro atoms. The molecule has 6 nitrogen and oxygen atoms in total. The summed E-state index contributed by atoms with van der Waals surface area (Å²) >= 11 is 0. The predicted molar refractivity (Wildman–Crippen MR) is 84.2 cm³/mol. The maximum Gasteiger partial charge on any atom is 0.224 e. The summed E-state index contributed by atoms with van der Waals surface area (Å²) in [5.74, 6) is -0.319. The molecule has 0 bridgehead atoms. The summed E-state index contributed by atoms with van der Waals surface area (Å²) in [7, 11) is -3.29. The van der Waals surface area contributed by atoms with E-state index in [1.54, 1.807) is 26.0 Å². The van der Waals surface area contributed by atoms with Crippen LogP contribution in [0.15, 0.2) is 29.2 Å². The van der Waals surface area contributed by atoms with Gasteiger partial charge in [0.05, 0.1) is 16.6 Å². The van der Waals surface area contributed by atoms with E-state index in [2.05, 4.69) is 10.6 Å². The Morgan fingerprint density at radius 1 is 1.05 bits per heavy atom. The van der Waals surface area contributed by atoms with Crippen LogP contribution in [0.3, 0.4) is 0 Å². The Balaban J connectivity index is 2.54. The van der Waals surface area contributed by atoms with Gasteiger partial charge in [-0.25, -0.2) is 8.42 Å². The fourth-order valence-corrected chi connectivity index (χ4v) is 2.82. The van der Waals surface area contributed by atoms with Crippen LogP contribution in [0.1, 0.15) is 26.3 Å². The van der Waals surface area contributed by atoms with Crippen molar-refractivity contribution in [2.45, 2.75) is 37.3 Å². The van der Waals surface area contributed by atoms with E-state index in [0.29, 0.717) is 13.1 Å². The second kappa shape index (κ2) is 7.93. The Labute approximate surface area is 131 Å². The highest BCUT2D eigenvalue weighted by Crippen LogP contribution is 2.16. The molecule has 0 heterocycles. The van der Waals surface area contributed by atoms with Crippen LogP contribution in [0.4, 0.5) is 0 Å². The fourth-order valence-electron chi connectivity index (χ4n) is 1.76. The van der Waals surface area contributed by atoms with Gasteiger partial charge in [-0.1, -0.05) is 12.1 Å². The molecule has 1 rings (SSSR count). The quantitative estimate of drug-likeness (QED) is 0.720. The van der Waals surface area contributed by atoms with Gasteiger partial charge >= 0.3 is 0 Å². The Bertz CT molecular complexity index is 621. The van der Waals surface area contributed by atoms with Gasteiger partial charge in [-0.3, -0.25) is 9.59 Å². The molecule has 122 valence electrons. The topological polar surface area (TPSA) is 92.3 Å². The van der Waals surface area contributed by atoms with Gasteiger partial charge in [-0.2, -0.15) is 0 Å². The number of rotatable bonds is 7. The molecule has 22 heavy (non-hydrogen) atoms. The summed E-state index contributed by atoms with van der Waals surface area (Å²) in [5.41, 5.74) is 0.736. The Morgan fingerprint density at radius 3 is 2.09 bits per heavy atom. The first kappa shape index (κ1) is 18.2. The van der Waals surface area contributed by atoms with Crippen molar-refractivity contribution in [3.8, 4) is 0 Å². The van der Waals surface area contributed by atoms with Crippen molar-refractivity contribution in [3.63, 3.8) is 0 Å². The second-order valence-electron chi connectivity index (χ2n) is 5.25. The summed E-state index contributed by atoms with van der Waals surface area (Å²) in [4.78, 5) is 22.6. The van der Waals surface area contributed by atoms with Crippen molar-refractivity contribution in [3.05, 3.63) is 29.8 Å². The highest BCUT2D eigenvalue weighted by Gasteiger charge is 2.18. The third kappa shape index (κ3) is 5.48. The van der Waals surface area contributed by atoms with Gasteiger partial charge in [0, 0.05) is 20.0 Å². The van der Waals surface area contributed by atoms with Gasteiger partial charge in [0.15, 0.2) is 9.84 Å². The van der Waals surface area contributed by atoms with E-state index >= 15 is 0 Å². The van der Waals surface area contributed by atoms with Gasteiger partial charge in [0.1, 0.15) is 0 Å². The van der Waals surface area contributed by atoms with Crippen LogP contribution in [-0.4, -0.2) is 38.6 Å². The third-order valence-electron chi connectivity index (χ3n) is 3.06. The number of hydrogen-bond acceptors (Lipinski definition) is 4. The number of carbonyl (C=O) groups excluding carboxylic acids is 2. The van der Waals surface area contributed by atoms with Crippen LogP contribution in [0.5, 0.6) is 0 Å². The lowest BCUT2D eigenvalue weighted by atomic mass is 10.1. The molecule has 0 saturated heterocycles. The zero-order valence-corrected chi connectivity index (χ0v) is 13.9. The zero-order chi connectivity index (χ0) is 16.8. The Hall–Kier alpha value is -1.89. The van der Waals surface area contributed by atoms with E-state index in [1.807, 2.05) is 0 Å². The van der Waals surface area contributed by atoms with Crippen LogP contribution < -0.4 is 10.6 Å². The Kier molecular flexibility index (Phi) is 6.55. The lowest BCUT2D eigenvalue weighted by molar-refractivity contribution is -0.121. The van der Waals surface area contributed by atoms with Gasteiger partial charge in [-0.15, -0.1) is 0 Å². The van der Waals surface area contributed by atoms with Gasteiger partial charge < -0.3 is 10.6 Å². The van der Waals surface area contributed by atoms with Crippen LogP contribution in [0.2, 0.25) is 0 Å². The van der Waals surface area contributed by atoms with Gasteiger partial charge in [0.2, 0.25) is 11.8 Å². The minimum Gasteiger partial charge on any atom is -0.355 e. The molecule has 0 radical (unpaired) electrons. The number of benzene rings is 1. The second-order valence-corrected chi connectivity index (χ2v) is 7.75. The maximum absolute atomic E-state index is 12.0. The maximum atomic E-state index is 12.0. The predicted octanol–water partition coefficient (Wildman–Crippen LogP) is 0.664. The SMILES string of the molecule is CC(=O)NCCNC(=O)Cc1ccc(S(=O)(=O)C(C)C)cc1. The van der Waals surface area contributed by atoms with E-state index in [9.17, 15) is 18.0 Å². The van der Waals surface area contributed by atoms with Crippen LogP contribution in [0, 0.1) is 0 Å². The average molecular weight is 326 g/mol. The summed E-state index contributed by atoms with van der Waals surface area (Å²) in [5, 5.41) is 4.78. The van der Waals surface area contributed by atoms with E-state index in [1.165, 1.54) is 19.1 Å². The molecule has 7 heteroatoms. The van der Waals surface area contributed by atoms with E-state index < -0.39 is 15.1 Å². The number of sulfone groups is 1. The molecule has 0 fully saturated rings. The lowest BCUT2D eigenvalue weighted by Crippen LogP contribution is -2.34. The molecule has 0 aromatic heterocycles. The van der Waals surface area contributed by atoms with Gasteiger partial charge in [-0.05, 0) is 31.5 Å². The molecule has 2 amide bonds. The summed E-state index contributed by atoms with van der Waals surface area (Å²) in [6.07, 6.45) is 0.169. The monoisotopic (exact) mass is 326 g/mol. The van der Waals surface area contributed by atoms with Crippen molar-refractivity contribution >= 4 is 21.7 Å². The first-order valence-corrected chi connectivity index (χ1v) is 8.62. The molecule has 0 saturated carbocycles. The van der Waals surface area contributed by atoms with E-state index in [0.717, 1.165) is 5.56 Å². The number of carbonyl (C=O) groups is 2. The highest BCUT2D eigenvalue weighted by molar-refractivity contribution is 7.92. The Morgan fingerprint density at radius 2 is 1.59 bits per heavy atom. The molecule has 0 unspecified atom stereocenters. The minimum absolute atomic E-state index is 0.142. The minimum atomic E-state index is -3.29. The molecule has 1 aromatic rings. The number of hydrogen-bond donors (Lipinski definition) is 2. The summed E-state index contributed by atoms with van der Waals surface area (Å²) < 4.78 is 24.0. The summed E-state index contributed by atoms with van der Waals surface area (Å²) in [6, 6.07) is 6.33. The fraction of sp³-hybridized carbons (Fsp3) is 0.467. The van der Waals surface area contributed by atoms with E-state index in [4.69, 9.17) is 0 Å². The smallest absolute Gasteiger partial charge is 0.224 e. The van der Waals surface area contributed by atoms with Crippen molar-refractivity contribution in [1.82, 2.24) is 10.6 Å². The third-order valence-corrected chi connectivity index (χ3v) is 5.23. The standard InChI is InChI=1S/C15H22N2O4S/c1-11(2)22(20,21)14-6-4-13(5-7-14)10-15(19)17-9-8-16-12(3)18/h4-7,11H,8-10H2,1-3H3,(H,16,18)(H,17,19). The van der Waals surface area contributed by atoms with Crippen molar-refractivity contribution in [1.29, 1.82) is 0 Å². The first-order chi connectivity index (χ1) is 10.2. The molecule has 0 aliphatic rings. The molecule has 0 atom stereocenters. The largest absolute Gasteiger partial charge is 0.355 e. The van der Waals surface area contributed by atoms with Crippen LogP contribution >= 0.6 is 0 Å². The van der Waals surface area contributed by atoms with Crippen LogP contribution in [0.25, 0.3) is 0 Å². The highest BCUT2D eigenvalue weighted by atomic mass is 32.2. The number of amides is 2. The molecule has 0 aliphatic heterocycles. The molecular weight excluding hydrogens is 304 g/mol. The van der Waals surface area contributed by atoms with Crippen molar-refractivity contribution in [2.24, 2.45) is 0 Å². The number of nitrogens with one attached hydrogen (secondary N) is 2. The molecule has 2 N–H and O–H groups in total. The molecular formula is C15H22N2O4S. The van der Waals surface area contributed by atoms with Crippen molar-refractivity contribution in [2.75, 3.05) is 13.1 Å². The van der Waals surface area contributed by atoms with Gasteiger partial charge in [0.25, 0.3) is 0 Å². The normalized spacial score (nSPS) is 11.3. The molecule has 0 aliphatic carbocycles. The van der Waals surface area contributed by atoms with Crippen molar-refractivity contribution < 1.29 is 18.0 Å². The molecule has 1 aromatic carbocycles. The lowest BCUT2D eigenvalue weighted by Gasteiger charge is -2.09.